The number of thiophene rings is 2. The summed E-state index contributed by atoms with van der Waals surface area (Å²) >= 11 is 3.67. The number of piperidine rings is 1. The van der Waals surface area contributed by atoms with Crippen LogP contribution in [0.2, 0.25) is 0 Å². The predicted molar refractivity (Wildman–Crippen MR) is 103 cm³/mol. The van der Waals surface area contributed by atoms with Crippen molar-refractivity contribution in [1.29, 1.82) is 0 Å². The molecule has 0 N–H and O–H groups in total. The SMILES string of the molecule is COC(CC1CC2CCC(C1)[N+]2(C)C)(c1cccs1)c1cccs1.[I-]. The maximum Gasteiger partial charge on any atom is 0.136 e. The van der Waals surface area contributed by atoms with Gasteiger partial charge in [-0.05, 0) is 35.2 Å². The van der Waals surface area contributed by atoms with E-state index in [0.29, 0.717) is 0 Å². The fourth-order valence-electron chi connectivity index (χ4n) is 5.19. The van der Waals surface area contributed by atoms with E-state index in [2.05, 4.69) is 49.1 Å². The zero-order chi connectivity index (χ0) is 16.8. The molecule has 5 heteroatoms. The average Bonchev–Trinajstić information content (AvgIpc) is 3.28. The third-order valence-electron chi connectivity index (χ3n) is 6.69. The molecule has 25 heavy (non-hydrogen) atoms. The molecule has 0 radical (unpaired) electrons. The Morgan fingerprint density at radius 1 is 1.04 bits per heavy atom. The summed E-state index contributed by atoms with van der Waals surface area (Å²) < 4.78 is 7.53. The highest BCUT2D eigenvalue weighted by Crippen LogP contribution is 2.49. The summed E-state index contributed by atoms with van der Waals surface area (Å²) in [5.74, 6) is 0.762. The molecule has 2 fully saturated rings. The van der Waals surface area contributed by atoms with Gasteiger partial charge in [-0.1, -0.05) is 12.1 Å². The van der Waals surface area contributed by atoms with Gasteiger partial charge in [0.1, 0.15) is 5.60 Å². The van der Waals surface area contributed by atoms with E-state index in [9.17, 15) is 0 Å². The van der Waals surface area contributed by atoms with Gasteiger partial charge in [0.05, 0.1) is 26.2 Å². The second kappa shape index (κ2) is 7.58. The first-order valence-electron chi connectivity index (χ1n) is 9.02. The Kier molecular flexibility index (Phi) is 6.01. The number of fused-ring (bicyclic) bond motifs is 2. The van der Waals surface area contributed by atoms with Crippen LogP contribution in [0.15, 0.2) is 35.0 Å². The van der Waals surface area contributed by atoms with E-state index in [0.717, 1.165) is 24.4 Å². The highest BCUT2D eigenvalue weighted by atomic mass is 127. The molecule has 0 amide bonds. The van der Waals surface area contributed by atoms with Gasteiger partial charge in [-0.2, -0.15) is 0 Å². The van der Waals surface area contributed by atoms with Crippen LogP contribution in [0.1, 0.15) is 41.9 Å². The first kappa shape index (κ1) is 19.8. The Hall–Kier alpha value is 0.0500. The Bertz CT molecular complexity index is 618. The topological polar surface area (TPSA) is 9.23 Å². The third kappa shape index (κ3) is 3.35. The summed E-state index contributed by atoms with van der Waals surface area (Å²) in [5, 5.41) is 4.36. The van der Waals surface area contributed by atoms with Crippen LogP contribution in [0.4, 0.5) is 0 Å². The monoisotopic (exact) mass is 489 g/mol. The van der Waals surface area contributed by atoms with Gasteiger partial charge in [0.2, 0.25) is 0 Å². The quantitative estimate of drug-likeness (QED) is 0.462. The van der Waals surface area contributed by atoms with Crippen LogP contribution in [-0.4, -0.2) is 37.8 Å². The molecule has 2 atom stereocenters. The highest BCUT2D eigenvalue weighted by Gasteiger charge is 2.51. The molecule has 2 aliphatic heterocycles. The minimum Gasteiger partial charge on any atom is -1.00 e. The molecular formula is C20H28INOS2. The molecule has 138 valence electrons. The number of methoxy groups -OCH3 is 1. The number of rotatable bonds is 5. The maximum absolute atomic E-state index is 6.29. The number of quaternary nitrogens is 1. The summed E-state index contributed by atoms with van der Waals surface area (Å²) in [4.78, 5) is 2.72. The van der Waals surface area contributed by atoms with E-state index < -0.39 is 0 Å². The predicted octanol–water partition coefficient (Wildman–Crippen LogP) is 2.11. The lowest BCUT2D eigenvalue weighted by atomic mass is 9.79. The molecule has 2 unspecified atom stereocenters. The zero-order valence-corrected chi connectivity index (χ0v) is 19.1. The normalized spacial score (nSPS) is 27.9. The number of nitrogens with zero attached hydrogens (tertiary/aromatic N) is 1. The van der Waals surface area contributed by atoms with Crippen LogP contribution in [-0.2, 0) is 10.3 Å². The van der Waals surface area contributed by atoms with Crippen molar-refractivity contribution in [3.63, 3.8) is 0 Å². The molecule has 4 rings (SSSR count). The second-order valence-corrected chi connectivity index (χ2v) is 9.94. The minimum absolute atomic E-state index is 0. The fourth-order valence-corrected chi connectivity index (χ4v) is 7.11. The molecular weight excluding hydrogens is 461 g/mol. The number of hydrogen-bond donors (Lipinski definition) is 0. The van der Waals surface area contributed by atoms with Gasteiger partial charge in [0, 0.05) is 42.5 Å². The van der Waals surface area contributed by atoms with E-state index in [1.807, 2.05) is 29.8 Å². The van der Waals surface area contributed by atoms with Crippen LogP contribution < -0.4 is 24.0 Å². The van der Waals surface area contributed by atoms with Crippen molar-refractivity contribution in [2.75, 3.05) is 21.2 Å². The van der Waals surface area contributed by atoms with E-state index in [1.165, 1.54) is 39.9 Å². The lowest BCUT2D eigenvalue weighted by molar-refractivity contribution is -0.931. The Balaban J connectivity index is 0.00000182. The van der Waals surface area contributed by atoms with Crippen molar-refractivity contribution in [2.45, 2.75) is 49.8 Å². The van der Waals surface area contributed by atoms with Crippen LogP contribution in [0.25, 0.3) is 0 Å². The van der Waals surface area contributed by atoms with Gasteiger partial charge >= 0.3 is 0 Å². The zero-order valence-electron chi connectivity index (χ0n) is 15.3. The lowest BCUT2D eigenvalue weighted by Gasteiger charge is -2.46. The smallest absolute Gasteiger partial charge is 0.136 e. The molecule has 2 bridgehead atoms. The van der Waals surface area contributed by atoms with Crippen LogP contribution in [0.5, 0.6) is 0 Å². The van der Waals surface area contributed by atoms with Crippen LogP contribution in [0, 0.1) is 5.92 Å². The molecule has 0 aliphatic carbocycles. The van der Waals surface area contributed by atoms with Gasteiger partial charge in [-0.15, -0.1) is 22.7 Å². The van der Waals surface area contributed by atoms with E-state index >= 15 is 0 Å². The third-order valence-corrected chi connectivity index (χ3v) is 8.72. The van der Waals surface area contributed by atoms with E-state index in [1.54, 1.807) is 0 Å². The fraction of sp³-hybridized carbons (Fsp3) is 0.600. The molecule has 0 saturated carbocycles. The standard InChI is InChI=1S/C20H28NOS2.HI/c1-21(2)16-8-9-17(21)13-15(12-16)14-20(22-3,18-6-4-10-23-18)19-7-5-11-24-19;/h4-7,10-11,15-17H,8-9,12-14H2,1-3H3;1H/q+1;/p-1. The van der Waals surface area contributed by atoms with Crippen molar-refractivity contribution in [2.24, 2.45) is 5.92 Å². The first-order chi connectivity index (χ1) is 11.6. The van der Waals surface area contributed by atoms with E-state index in [4.69, 9.17) is 4.74 Å². The van der Waals surface area contributed by atoms with Gasteiger partial charge in [0.15, 0.2) is 0 Å². The van der Waals surface area contributed by atoms with Crippen molar-refractivity contribution < 1.29 is 33.2 Å². The summed E-state index contributed by atoms with van der Waals surface area (Å²) in [6.45, 7) is 0. The average molecular weight is 489 g/mol. The number of halogens is 1. The molecule has 0 spiro atoms. The molecule has 2 aliphatic rings. The Morgan fingerprint density at radius 3 is 1.96 bits per heavy atom. The van der Waals surface area contributed by atoms with Crippen molar-refractivity contribution in [3.8, 4) is 0 Å². The Labute approximate surface area is 176 Å². The molecule has 2 saturated heterocycles. The van der Waals surface area contributed by atoms with E-state index in [-0.39, 0.29) is 29.6 Å². The highest BCUT2D eigenvalue weighted by molar-refractivity contribution is 7.11. The van der Waals surface area contributed by atoms with Gasteiger partial charge in [-0.3, -0.25) is 0 Å². The van der Waals surface area contributed by atoms with Gasteiger partial charge in [-0.25, -0.2) is 0 Å². The molecule has 0 aromatic carbocycles. The van der Waals surface area contributed by atoms with Gasteiger partial charge in [0.25, 0.3) is 0 Å². The molecule has 2 aromatic rings. The number of hydrogen-bond acceptors (Lipinski definition) is 3. The summed E-state index contributed by atoms with van der Waals surface area (Å²) in [6.07, 6.45) is 6.65. The molecule has 4 heterocycles. The summed E-state index contributed by atoms with van der Waals surface area (Å²) in [6, 6.07) is 10.5. The second-order valence-electron chi connectivity index (χ2n) is 8.04. The van der Waals surface area contributed by atoms with Gasteiger partial charge < -0.3 is 33.2 Å². The first-order valence-corrected chi connectivity index (χ1v) is 10.8. The number of ether oxygens (including phenoxy) is 1. The van der Waals surface area contributed by atoms with Crippen LogP contribution >= 0.6 is 22.7 Å². The summed E-state index contributed by atoms with van der Waals surface area (Å²) in [7, 11) is 6.79. The Morgan fingerprint density at radius 2 is 1.56 bits per heavy atom. The molecule has 2 nitrogen and oxygen atoms in total. The largest absolute Gasteiger partial charge is 1.00 e. The maximum atomic E-state index is 6.29. The van der Waals surface area contributed by atoms with Crippen molar-refractivity contribution in [1.82, 2.24) is 0 Å². The van der Waals surface area contributed by atoms with Crippen LogP contribution in [0.3, 0.4) is 0 Å². The lowest BCUT2D eigenvalue weighted by Crippen LogP contribution is -3.00. The molecule has 2 aromatic heterocycles. The minimum atomic E-state index is -0.249. The summed E-state index contributed by atoms with van der Waals surface area (Å²) in [5.41, 5.74) is -0.249. The van der Waals surface area contributed by atoms with Crippen molar-refractivity contribution in [3.05, 3.63) is 44.8 Å². The van der Waals surface area contributed by atoms with Crippen molar-refractivity contribution >= 4 is 22.7 Å².